The molecule has 3 N–H and O–H groups in total. The molecule has 0 bridgehead atoms. The van der Waals surface area contributed by atoms with Crippen LogP contribution in [0.3, 0.4) is 0 Å². The first kappa shape index (κ1) is 61.2. The van der Waals surface area contributed by atoms with E-state index in [1.807, 2.05) is 114 Å². The van der Waals surface area contributed by atoms with Crippen LogP contribution in [-0.2, 0) is 54.1 Å². The van der Waals surface area contributed by atoms with Gasteiger partial charge in [-0.15, -0.1) is 10.2 Å². The molecule has 0 saturated carbocycles. The molecule has 74 heavy (non-hydrogen) atoms. The summed E-state index contributed by atoms with van der Waals surface area (Å²) in [6.07, 6.45) is 1.03. The lowest BCUT2D eigenvalue weighted by Gasteiger charge is -2.41. The Hall–Kier alpha value is -5.31. The number of ether oxygens (including phenoxy) is 5. The molecule has 4 rings (SSSR count). The van der Waals surface area contributed by atoms with E-state index in [-0.39, 0.29) is 66.7 Å². The van der Waals surface area contributed by atoms with Crippen LogP contribution in [0.5, 0.6) is 0 Å². The lowest BCUT2D eigenvalue weighted by atomic mass is 9.89. The van der Waals surface area contributed by atoms with Crippen LogP contribution in [0.15, 0.2) is 65.1 Å². The van der Waals surface area contributed by atoms with Crippen molar-refractivity contribution in [3.8, 4) is 11.5 Å². The number of aliphatic carboxylic acids is 1. The van der Waals surface area contributed by atoms with Gasteiger partial charge in [0.15, 0.2) is 0 Å². The second kappa shape index (κ2) is 31.5. The number of hydrogen-bond acceptors (Lipinski definition) is 14. The molecule has 19 nitrogen and oxygen atoms in total. The summed E-state index contributed by atoms with van der Waals surface area (Å²) in [5.41, 5.74) is 1.73. The van der Waals surface area contributed by atoms with Crippen molar-refractivity contribution >= 4 is 29.6 Å². The number of carboxylic acids is 1. The van der Waals surface area contributed by atoms with Crippen molar-refractivity contribution in [1.29, 1.82) is 0 Å². The van der Waals surface area contributed by atoms with Gasteiger partial charge in [-0.25, -0.2) is 0 Å². The van der Waals surface area contributed by atoms with E-state index in [0.717, 1.165) is 17.5 Å². The van der Waals surface area contributed by atoms with Crippen LogP contribution in [0.1, 0.15) is 98.1 Å². The maximum Gasteiger partial charge on any atom is 0.305 e. The van der Waals surface area contributed by atoms with E-state index in [9.17, 15) is 24.0 Å². The highest BCUT2D eigenvalue weighted by Gasteiger charge is 2.43. The smallest absolute Gasteiger partial charge is 0.305 e. The number of carbonyl (C=O) groups excluding carboxylic acids is 4. The number of rotatable bonds is 34. The largest absolute Gasteiger partial charge is 0.481 e. The molecular formula is C55H85N7O12. The zero-order valence-corrected chi connectivity index (χ0v) is 45.7. The Bertz CT molecular complexity index is 2150. The Labute approximate surface area is 438 Å². The van der Waals surface area contributed by atoms with Crippen LogP contribution in [-0.4, -0.2) is 177 Å². The zero-order chi connectivity index (χ0) is 54.3. The first-order chi connectivity index (χ1) is 35.4. The summed E-state index contributed by atoms with van der Waals surface area (Å²) in [4.78, 5) is 73.7. The summed E-state index contributed by atoms with van der Waals surface area (Å²) in [6.45, 7) is 16.3. The lowest BCUT2D eigenvalue weighted by molar-refractivity contribution is -0.148. The zero-order valence-electron chi connectivity index (χ0n) is 45.7. The van der Waals surface area contributed by atoms with E-state index >= 15 is 0 Å². The van der Waals surface area contributed by atoms with Gasteiger partial charge in [0, 0.05) is 46.3 Å². The minimum absolute atomic E-state index is 0.0210. The van der Waals surface area contributed by atoms with Gasteiger partial charge in [0.25, 0.3) is 0 Å². The normalized spacial score (nSPS) is 17.1. The highest BCUT2D eigenvalue weighted by molar-refractivity contribution is 5.90. The number of carbonyl (C=O) groups is 5. The Balaban J connectivity index is 1.41. The number of likely N-dealkylation sites (tertiary alicyclic amines) is 1. The Morgan fingerprint density at radius 3 is 2.00 bits per heavy atom. The molecule has 9 atom stereocenters. The summed E-state index contributed by atoms with van der Waals surface area (Å²) in [5.74, 6) is -2.43. The number of likely N-dealkylation sites (N-methyl/N-ethyl adjacent to an activating group) is 2. The van der Waals surface area contributed by atoms with Crippen LogP contribution < -0.4 is 10.6 Å². The fourth-order valence-corrected chi connectivity index (χ4v) is 9.76. The second-order valence-corrected chi connectivity index (χ2v) is 20.0. The van der Waals surface area contributed by atoms with Crippen molar-refractivity contribution in [3.05, 3.63) is 72.1 Å². The number of amides is 4. The minimum atomic E-state index is -0.913. The third-order valence-electron chi connectivity index (χ3n) is 14.0. The summed E-state index contributed by atoms with van der Waals surface area (Å²) < 4.78 is 34.9. The molecule has 0 radical (unpaired) electrons. The molecule has 2 heterocycles. The molecule has 0 unspecified atom stereocenters. The van der Waals surface area contributed by atoms with Gasteiger partial charge < -0.3 is 53.6 Å². The fourth-order valence-electron chi connectivity index (χ4n) is 9.76. The van der Waals surface area contributed by atoms with Crippen molar-refractivity contribution in [3.63, 3.8) is 0 Å². The molecule has 1 aromatic heterocycles. The standard InChI is InChI=1S/C55H85N7O12/c1-12-38(6)49(61(9)55(68)47(36(2)3)57-52(67)48(37(4)5)60(8)27-29-72-31-33-73-32-30-71-28-25-46(64)65)44(69-10)35-45(63)62-26-19-24-43(62)50(70-11)39(7)51(66)56-42(34-40-20-15-13-16-21-40)54-59-58-53(74-54)41-22-17-14-18-23-41/h13-18,20-23,36-39,42-44,47-50H,12,19,24-35H2,1-11H3,(H,56,66)(H,57,67)(H,64,65)/t38-,39+,42-,43-,44+,47-,48-,49-,50+/m0/s1. The Morgan fingerprint density at radius 2 is 1.42 bits per heavy atom. The van der Waals surface area contributed by atoms with E-state index < -0.39 is 54.3 Å². The van der Waals surface area contributed by atoms with Crippen LogP contribution in [0.25, 0.3) is 11.5 Å². The minimum Gasteiger partial charge on any atom is -0.481 e. The fraction of sp³-hybridized carbons (Fsp3) is 0.655. The van der Waals surface area contributed by atoms with Crippen LogP contribution >= 0.6 is 0 Å². The maximum absolute atomic E-state index is 14.7. The average molecular weight is 1040 g/mol. The SMILES string of the molecule is CC[C@H](C)[C@@H]([C@@H](CC(=O)N1CCC[C@H]1[C@H](OC)[C@@H](C)C(=O)N[C@@H](Cc1ccccc1)c1nnc(-c2ccccc2)o1)OC)N(C)C(=O)[C@@H](NC(=O)[C@H](C(C)C)N(C)CCOCCOCCOCCC(=O)O)C(C)C. The molecule has 1 fully saturated rings. The predicted octanol–water partition coefficient (Wildman–Crippen LogP) is 5.68. The average Bonchev–Trinajstić information content (AvgIpc) is 4.08. The second-order valence-electron chi connectivity index (χ2n) is 20.0. The lowest BCUT2D eigenvalue weighted by Crippen LogP contribution is -2.60. The molecule has 19 heteroatoms. The summed E-state index contributed by atoms with van der Waals surface area (Å²) in [6, 6.07) is 16.2. The van der Waals surface area contributed by atoms with Crippen molar-refractivity contribution in [1.82, 2.24) is 35.5 Å². The molecule has 412 valence electrons. The van der Waals surface area contributed by atoms with Gasteiger partial charge in [-0.3, -0.25) is 28.9 Å². The molecule has 0 aliphatic carbocycles. The number of methoxy groups -OCH3 is 2. The van der Waals surface area contributed by atoms with Gasteiger partial charge >= 0.3 is 5.97 Å². The molecule has 1 aliphatic rings. The van der Waals surface area contributed by atoms with Gasteiger partial charge in [-0.2, -0.15) is 0 Å². The molecule has 0 spiro atoms. The topological polar surface area (TPSA) is 224 Å². The van der Waals surface area contributed by atoms with E-state index in [2.05, 4.69) is 20.8 Å². The van der Waals surface area contributed by atoms with Gasteiger partial charge in [-0.05, 0) is 55.3 Å². The van der Waals surface area contributed by atoms with Gasteiger partial charge in [0.1, 0.15) is 12.1 Å². The van der Waals surface area contributed by atoms with Crippen LogP contribution in [0, 0.1) is 23.7 Å². The molecular weight excluding hydrogens is 951 g/mol. The maximum atomic E-state index is 14.7. The van der Waals surface area contributed by atoms with Gasteiger partial charge in [0.2, 0.25) is 35.4 Å². The van der Waals surface area contributed by atoms with Crippen molar-refractivity contribution in [2.24, 2.45) is 23.7 Å². The number of benzene rings is 2. The molecule has 4 amide bonds. The van der Waals surface area contributed by atoms with Gasteiger partial charge in [0.05, 0.1) is 88.7 Å². The third-order valence-corrected chi connectivity index (χ3v) is 14.0. The van der Waals surface area contributed by atoms with E-state index in [1.165, 1.54) is 0 Å². The number of aromatic nitrogens is 2. The third kappa shape index (κ3) is 18.2. The number of hydrogen-bond donors (Lipinski definition) is 3. The number of carboxylic acid groups (broad SMARTS) is 1. The van der Waals surface area contributed by atoms with Crippen molar-refractivity contribution in [2.45, 2.75) is 129 Å². The monoisotopic (exact) mass is 1040 g/mol. The molecule has 2 aromatic carbocycles. The van der Waals surface area contributed by atoms with Crippen LogP contribution in [0.4, 0.5) is 0 Å². The quantitative estimate of drug-likeness (QED) is 0.0613. The predicted molar refractivity (Wildman–Crippen MR) is 280 cm³/mol. The van der Waals surface area contributed by atoms with E-state index in [4.69, 9.17) is 33.2 Å². The number of nitrogens with one attached hydrogen (secondary N) is 2. The molecule has 3 aromatic rings. The number of nitrogens with zero attached hydrogens (tertiary/aromatic N) is 5. The van der Waals surface area contributed by atoms with Gasteiger partial charge in [-0.1, -0.05) is 103 Å². The van der Waals surface area contributed by atoms with E-state index in [0.29, 0.717) is 71.3 Å². The molecule has 1 saturated heterocycles. The van der Waals surface area contributed by atoms with Crippen LogP contribution in [0.2, 0.25) is 0 Å². The molecule has 1 aliphatic heterocycles. The first-order valence-corrected chi connectivity index (χ1v) is 26.2. The summed E-state index contributed by atoms with van der Waals surface area (Å²) >= 11 is 0. The highest BCUT2D eigenvalue weighted by atomic mass is 16.5. The van der Waals surface area contributed by atoms with Crippen molar-refractivity contribution < 1.29 is 57.2 Å². The highest BCUT2D eigenvalue weighted by Crippen LogP contribution is 2.31. The van der Waals surface area contributed by atoms with E-state index in [1.54, 1.807) is 38.0 Å². The first-order valence-electron chi connectivity index (χ1n) is 26.2. The van der Waals surface area contributed by atoms with Crippen molar-refractivity contribution in [2.75, 3.05) is 81.0 Å². The Morgan fingerprint density at radius 1 is 0.797 bits per heavy atom. The Kier molecular flexibility index (Phi) is 26.1. The summed E-state index contributed by atoms with van der Waals surface area (Å²) in [5, 5.41) is 23.6. The summed E-state index contributed by atoms with van der Waals surface area (Å²) in [7, 11) is 6.69.